The van der Waals surface area contributed by atoms with E-state index in [1.807, 2.05) is 6.20 Å². The number of hydrogen-bond acceptors (Lipinski definition) is 3. The van der Waals surface area contributed by atoms with Gasteiger partial charge < -0.3 is 9.88 Å². The number of benzene rings is 1. The predicted molar refractivity (Wildman–Crippen MR) is 133 cm³/mol. The van der Waals surface area contributed by atoms with Crippen LogP contribution >= 0.6 is 0 Å². The summed E-state index contributed by atoms with van der Waals surface area (Å²) in [7, 11) is 2.06. The van der Waals surface area contributed by atoms with Crippen LogP contribution in [0.4, 0.5) is 0 Å². The van der Waals surface area contributed by atoms with Crippen LogP contribution in [0.2, 0.25) is 0 Å². The van der Waals surface area contributed by atoms with Crippen LogP contribution in [0.25, 0.3) is 10.9 Å². The normalized spacial score (nSPS) is 19.8. The van der Waals surface area contributed by atoms with Gasteiger partial charge in [-0.15, -0.1) is 0 Å². The largest absolute Gasteiger partial charge is 0.352 e. The maximum Gasteiger partial charge on any atom is 0.220 e. The first kappa shape index (κ1) is 22.1. The van der Waals surface area contributed by atoms with Gasteiger partial charge in [-0.05, 0) is 61.9 Å². The Morgan fingerprint density at radius 3 is 2.73 bits per heavy atom. The smallest absolute Gasteiger partial charge is 0.220 e. The van der Waals surface area contributed by atoms with Gasteiger partial charge in [0.05, 0.1) is 11.7 Å². The van der Waals surface area contributed by atoms with E-state index < -0.39 is 0 Å². The fraction of sp³-hybridized carbons (Fsp3) is 0.500. The fourth-order valence-corrected chi connectivity index (χ4v) is 5.86. The standard InChI is InChI=1S/C28H36N4O/c1-31-20-22(24-10-5-6-11-26(24)31)14-16-28(33)30-19-21-13-15-25(29-18-21)27-12-7-17-32(27)23-8-3-2-4-9-23/h5-6,10-11,13,15,18,20,23,27H,2-4,7-9,12,14,16-17,19H2,1H3,(H,30,33). The predicted octanol–water partition coefficient (Wildman–Crippen LogP) is 5.29. The van der Waals surface area contributed by atoms with Gasteiger partial charge in [0.1, 0.15) is 0 Å². The van der Waals surface area contributed by atoms with Crippen LogP contribution < -0.4 is 5.32 Å². The summed E-state index contributed by atoms with van der Waals surface area (Å²) in [4.78, 5) is 20.0. The number of aryl methyl sites for hydroxylation is 2. The minimum Gasteiger partial charge on any atom is -0.352 e. The summed E-state index contributed by atoms with van der Waals surface area (Å²) < 4.78 is 2.13. The molecule has 3 heterocycles. The number of nitrogens with zero attached hydrogens (tertiary/aromatic N) is 3. The molecule has 1 aromatic carbocycles. The molecule has 5 nitrogen and oxygen atoms in total. The average Bonchev–Trinajstić information content (AvgIpc) is 3.48. The molecule has 1 atom stereocenters. The number of carbonyl (C=O) groups excluding carboxylic acids is 1. The molecule has 1 unspecified atom stereocenters. The Hall–Kier alpha value is -2.66. The summed E-state index contributed by atoms with van der Waals surface area (Å²) in [5.74, 6) is 0.0891. The highest BCUT2D eigenvalue weighted by Gasteiger charge is 2.32. The van der Waals surface area contributed by atoms with Gasteiger partial charge >= 0.3 is 0 Å². The van der Waals surface area contributed by atoms with E-state index in [0.717, 1.165) is 18.0 Å². The molecule has 2 aromatic heterocycles. The van der Waals surface area contributed by atoms with Gasteiger partial charge in [-0.3, -0.25) is 14.7 Å². The maximum atomic E-state index is 12.5. The van der Waals surface area contributed by atoms with Gasteiger partial charge in [-0.25, -0.2) is 0 Å². The maximum absolute atomic E-state index is 12.5. The summed E-state index contributed by atoms with van der Waals surface area (Å²) in [6.07, 6.45) is 14.7. The van der Waals surface area contributed by atoms with E-state index >= 15 is 0 Å². The van der Waals surface area contributed by atoms with Gasteiger partial charge in [0, 0.05) is 49.4 Å². The monoisotopic (exact) mass is 444 g/mol. The second kappa shape index (κ2) is 10.1. The highest BCUT2D eigenvalue weighted by atomic mass is 16.1. The molecule has 2 aliphatic rings. The number of pyridine rings is 1. The van der Waals surface area contributed by atoms with E-state index in [2.05, 4.69) is 64.4 Å². The van der Waals surface area contributed by atoms with E-state index in [1.165, 1.54) is 73.7 Å². The number of nitrogens with one attached hydrogen (secondary N) is 1. The Bertz CT molecular complexity index is 1080. The Kier molecular flexibility index (Phi) is 6.77. The number of fused-ring (bicyclic) bond motifs is 1. The van der Waals surface area contributed by atoms with Gasteiger partial charge in [0.2, 0.25) is 5.91 Å². The molecular weight excluding hydrogens is 408 g/mol. The summed E-state index contributed by atoms with van der Waals surface area (Å²) in [6.45, 7) is 1.75. The third-order valence-corrected chi connectivity index (χ3v) is 7.62. The van der Waals surface area contributed by atoms with E-state index in [4.69, 9.17) is 4.98 Å². The van der Waals surface area contributed by atoms with Crippen molar-refractivity contribution in [3.8, 4) is 0 Å². The van der Waals surface area contributed by atoms with E-state index in [1.54, 1.807) is 0 Å². The number of hydrogen-bond donors (Lipinski definition) is 1. The molecule has 1 aliphatic heterocycles. The topological polar surface area (TPSA) is 50.2 Å². The first-order chi connectivity index (χ1) is 16.2. The molecule has 0 bridgehead atoms. The summed E-state index contributed by atoms with van der Waals surface area (Å²) in [5.41, 5.74) is 4.71. The number of aromatic nitrogens is 2. The van der Waals surface area contributed by atoms with Crippen molar-refractivity contribution in [1.82, 2.24) is 19.8 Å². The molecule has 174 valence electrons. The highest BCUT2D eigenvalue weighted by molar-refractivity contribution is 5.84. The first-order valence-electron chi connectivity index (χ1n) is 12.7. The summed E-state index contributed by atoms with van der Waals surface area (Å²) in [6, 6.07) is 13.9. The van der Waals surface area contributed by atoms with Gasteiger partial charge in [-0.2, -0.15) is 0 Å². The van der Waals surface area contributed by atoms with Crippen LogP contribution in [0, 0.1) is 0 Å². The minimum atomic E-state index is 0.0891. The van der Waals surface area contributed by atoms with Crippen LogP contribution in [0.15, 0.2) is 48.8 Å². The summed E-state index contributed by atoms with van der Waals surface area (Å²) >= 11 is 0. The van der Waals surface area contributed by atoms with Crippen molar-refractivity contribution in [2.24, 2.45) is 7.05 Å². The Morgan fingerprint density at radius 2 is 1.91 bits per heavy atom. The second-order valence-electron chi connectivity index (χ2n) is 9.84. The third kappa shape index (κ3) is 4.98. The zero-order valence-electron chi connectivity index (χ0n) is 19.8. The van der Waals surface area contributed by atoms with E-state index in [-0.39, 0.29) is 5.91 Å². The van der Waals surface area contributed by atoms with Crippen LogP contribution in [0.1, 0.15) is 74.2 Å². The van der Waals surface area contributed by atoms with Crippen LogP contribution in [-0.2, 0) is 24.8 Å². The lowest BCUT2D eigenvalue weighted by Gasteiger charge is -2.35. The molecule has 1 amide bonds. The van der Waals surface area contributed by atoms with Crippen molar-refractivity contribution in [3.63, 3.8) is 0 Å². The van der Waals surface area contributed by atoms with Crippen LogP contribution in [0.3, 0.4) is 0 Å². The molecule has 0 spiro atoms. The third-order valence-electron chi connectivity index (χ3n) is 7.62. The molecule has 33 heavy (non-hydrogen) atoms. The molecule has 2 fully saturated rings. The molecule has 1 saturated carbocycles. The van der Waals surface area contributed by atoms with Crippen molar-refractivity contribution in [2.45, 2.75) is 76.4 Å². The van der Waals surface area contributed by atoms with Crippen molar-refractivity contribution in [1.29, 1.82) is 0 Å². The number of rotatable bonds is 7. The van der Waals surface area contributed by atoms with Gasteiger partial charge in [0.15, 0.2) is 0 Å². The molecule has 5 heteroatoms. The van der Waals surface area contributed by atoms with E-state index in [9.17, 15) is 4.79 Å². The SMILES string of the molecule is Cn1cc(CCC(=O)NCc2ccc(C3CCCN3C3CCCCC3)nc2)c2ccccc21. The number of likely N-dealkylation sites (tertiary alicyclic amines) is 1. The van der Waals surface area contributed by atoms with Crippen molar-refractivity contribution < 1.29 is 4.79 Å². The zero-order valence-corrected chi connectivity index (χ0v) is 19.8. The average molecular weight is 445 g/mol. The van der Waals surface area contributed by atoms with Crippen molar-refractivity contribution in [2.75, 3.05) is 6.54 Å². The highest BCUT2D eigenvalue weighted by Crippen LogP contribution is 2.36. The van der Waals surface area contributed by atoms with E-state index in [0.29, 0.717) is 19.0 Å². The lowest BCUT2D eigenvalue weighted by atomic mass is 9.93. The molecule has 1 saturated heterocycles. The Morgan fingerprint density at radius 1 is 1.06 bits per heavy atom. The van der Waals surface area contributed by atoms with Crippen LogP contribution in [-0.4, -0.2) is 32.9 Å². The Labute approximate surface area is 197 Å². The molecule has 5 rings (SSSR count). The lowest BCUT2D eigenvalue weighted by molar-refractivity contribution is -0.121. The van der Waals surface area contributed by atoms with Crippen molar-refractivity contribution >= 4 is 16.8 Å². The van der Waals surface area contributed by atoms with Crippen LogP contribution in [0.5, 0.6) is 0 Å². The quantitative estimate of drug-likeness (QED) is 0.539. The minimum absolute atomic E-state index is 0.0891. The molecule has 3 aromatic rings. The summed E-state index contributed by atoms with van der Waals surface area (Å²) in [5, 5.41) is 4.32. The fourth-order valence-electron chi connectivity index (χ4n) is 5.86. The first-order valence-corrected chi connectivity index (χ1v) is 12.7. The van der Waals surface area contributed by atoms with Gasteiger partial charge in [-0.1, -0.05) is 43.5 Å². The molecule has 0 radical (unpaired) electrons. The molecular formula is C28H36N4O. The van der Waals surface area contributed by atoms with Gasteiger partial charge in [0.25, 0.3) is 0 Å². The number of para-hydroxylation sites is 1. The second-order valence-corrected chi connectivity index (χ2v) is 9.84. The van der Waals surface area contributed by atoms with Crippen molar-refractivity contribution in [3.05, 3.63) is 65.6 Å². The Balaban J connectivity index is 1.13. The zero-order chi connectivity index (χ0) is 22.6. The number of amides is 1. The molecule has 1 N–H and O–H groups in total. The lowest BCUT2D eigenvalue weighted by Crippen LogP contribution is -2.36. The number of carbonyl (C=O) groups is 1. The molecule has 1 aliphatic carbocycles.